The molecule has 2 amide bonds. The first-order valence-corrected chi connectivity index (χ1v) is 10.5. The Bertz CT molecular complexity index is 1110. The van der Waals surface area contributed by atoms with E-state index in [1.807, 2.05) is 30.3 Å². The van der Waals surface area contributed by atoms with Gasteiger partial charge in [0.15, 0.2) is 0 Å². The van der Waals surface area contributed by atoms with Crippen molar-refractivity contribution in [2.75, 3.05) is 10.6 Å². The highest BCUT2D eigenvalue weighted by Crippen LogP contribution is 2.42. The highest BCUT2D eigenvalue weighted by atomic mass is 19.1. The number of carbonyl (C=O) groups is 2. The minimum absolute atomic E-state index is 0.0931. The number of urea groups is 1. The lowest BCUT2D eigenvalue weighted by molar-refractivity contribution is -0.157. The monoisotopic (exact) mass is 433 g/mol. The number of esters is 1. The first-order chi connectivity index (χ1) is 15.4. The zero-order chi connectivity index (χ0) is 22.6. The van der Waals surface area contributed by atoms with Crippen molar-refractivity contribution in [3.8, 4) is 11.1 Å². The van der Waals surface area contributed by atoms with Gasteiger partial charge in [0.05, 0.1) is 5.69 Å². The van der Waals surface area contributed by atoms with E-state index in [4.69, 9.17) is 4.74 Å². The van der Waals surface area contributed by atoms with Crippen LogP contribution in [-0.4, -0.2) is 17.0 Å². The molecule has 0 saturated heterocycles. The molecule has 1 heterocycles. The van der Waals surface area contributed by atoms with Crippen molar-refractivity contribution < 1.29 is 18.7 Å². The maximum atomic E-state index is 13.7. The molecule has 0 aliphatic heterocycles. The van der Waals surface area contributed by atoms with Gasteiger partial charge < -0.3 is 10.1 Å². The molecule has 4 rings (SSSR count). The third-order valence-corrected chi connectivity index (χ3v) is 5.62. The number of rotatable bonds is 5. The second-order valence-corrected chi connectivity index (χ2v) is 7.86. The number of nitrogens with one attached hydrogen (secondary N) is 2. The quantitative estimate of drug-likeness (QED) is 0.494. The van der Waals surface area contributed by atoms with E-state index in [0.29, 0.717) is 5.82 Å². The van der Waals surface area contributed by atoms with Crippen LogP contribution in [0.3, 0.4) is 0 Å². The Kier molecular flexibility index (Phi) is 6.16. The summed E-state index contributed by atoms with van der Waals surface area (Å²) >= 11 is 0. The molecule has 0 unspecified atom stereocenters. The summed E-state index contributed by atoms with van der Waals surface area (Å²) in [5.74, 6) is -0.427. The van der Waals surface area contributed by atoms with Gasteiger partial charge in [-0.05, 0) is 61.1 Å². The van der Waals surface area contributed by atoms with Crippen molar-refractivity contribution in [2.24, 2.45) is 0 Å². The molecule has 6 nitrogen and oxygen atoms in total. The molecule has 164 valence electrons. The largest absolute Gasteiger partial charge is 0.454 e. The van der Waals surface area contributed by atoms with Crippen molar-refractivity contribution in [1.29, 1.82) is 0 Å². The number of aromatic nitrogens is 1. The topological polar surface area (TPSA) is 80.3 Å². The number of hydrogen-bond acceptors (Lipinski definition) is 4. The zero-order valence-corrected chi connectivity index (χ0v) is 17.7. The van der Waals surface area contributed by atoms with Gasteiger partial charge in [-0.15, -0.1) is 0 Å². The van der Waals surface area contributed by atoms with Gasteiger partial charge in [-0.25, -0.2) is 14.2 Å². The second-order valence-electron chi connectivity index (χ2n) is 7.86. The van der Waals surface area contributed by atoms with Crippen molar-refractivity contribution >= 4 is 23.5 Å². The van der Waals surface area contributed by atoms with E-state index in [1.165, 1.54) is 19.1 Å². The van der Waals surface area contributed by atoms with E-state index in [2.05, 4.69) is 15.6 Å². The maximum Gasteiger partial charge on any atom is 0.324 e. The van der Waals surface area contributed by atoms with Crippen LogP contribution in [0.15, 0.2) is 66.9 Å². The Morgan fingerprint density at radius 3 is 2.25 bits per heavy atom. The van der Waals surface area contributed by atoms with Gasteiger partial charge >= 0.3 is 12.0 Å². The summed E-state index contributed by atoms with van der Waals surface area (Å²) in [6, 6.07) is 16.8. The molecular weight excluding hydrogens is 409 g/mol. The van der Waals surface area contributed by atoms with Crippen LogP contribution >= 0.6 is 0 Å². The van der Waals surface area contributed by atoms with Crippen LogP contribution in [0.5, 0.6) is 0 Å². The predicted octanol–water partition coefficient (Wildman–Crippen LogP) is 5.86. The summed E-state index contributed by atoms with van der Waals surface area (Å²) in [7, 11) is 0. The van der Waals surface area contributed by atoms with Gasteiger partial charge in [0.25, 0.3) is 0 Å². The number of benzene rings is 2. The molecule has 0 spiro atoms. The van der Waals surface area contributed by atoms with Gasteiger partial charge in [0.1, 0.15) is 17.2 Å². The molecule has 1 saturated carbocycles. The average Bonchev–Trinajstić information content (AvgIpc) is 3.25. The molecule has 1 aliphatic rings. The number of hydrogen-bond donors (Lipinski definition) is 2. The van der Waals surface area contributed by atoms with Crippen molar-refractivity contribution in [3.05, 3.63) is 78.2 Å². The van der Waals surface area contributed by atoms with Crippen LogP contribution in [0, 0.1) is 5.82 Å². The Morgan fingerprint density at radius 1 is 0.938 bits per heavy atom. The lowest BCUT2D eigenvalue weighted by Crippen LogP contribution is -2.28. The van der Waals surface area contributed by atoms with Gasteiger partial charge in [-0.1, -0.05) is 36.4 Å². The molecule has 0 radical (unpaired) electrons. The summed E-state index contributed by atoms with van der Waals surface area (Å²) in [5, 5.41) is 5.04. The number of nitrogens with zero attached hydrogens (tertiary/aromatic N) is 1. The molecule has 32 heavy (non-hydrogen) atoms. The summed E-state index contributed by atoms with van der Waals surface area (Å²) in [6.07, 6.45) is 5.41. The number of carbonyl (C=O) groups excluding carboxylic acids is 2. The van der Waals surface area contributed by atoms with E-state index in [9.17, 15) is 14.0 Å². The molecule has 0 bridgehead atoms. The normalized spacial score (nSPS) is 14.6. The number of anilines is 2. The summed E-state index contributed by atoms with van der Waals surface area (Å²) < 4.78 is 19.4. The van der Waals surface area contributed by atoms with Crippen LogP contribution in [0.2, 0.25) is 0 Å². The van der Waals surface area contributed by atoms with Crippen LogP contribution in [-0.2, 0) is 15.1 Å². The lowest BCUT2D eigenvalue weighted by Gasteiger charge is -2.29. The Balaban J connectivity index is 1.43. The van der Waals surface area contributed by atoms with Gasteiger partial charge in [-0.2, -0.15) is 0 Å². The van der Waals surface area contributed by atoms with E-state index < -0.39 is 17.4 Å². The maximum absolute atomic E-state index is 13.7. The first-order valence-electron chi connectivity index (χ1n) is 10.5. The van der Waals surface area contributed by atoms with Crippen LogP contribution < -0.4 is 10.6 Å². The van der Waals surface area contributed by atoms with E-state index >= 15 is 0 Å². The Hall–Kier alpha value is -3.74. The molecule has 3 aromatic rings. The fraction of sp³-hybridized carbons (Fsp3) is 0.240. The van der Waals surface area contributed by atoms with Crippen LogP contribution in [0.4, 0.5) is 20.7 Å². The van der Waals surface area contributed by atoms with Gasteiger partial charge in [0, 0.05) is 18.7 Å². The third-order valence-electron chi connectivity index (χ3n) is 5.62. The first kappa shape index (κ1) is 21.5. The van der Waals surface area contributed by atoms with Crippen molar-refractivity contribution in [3.63, 3.8) is 0 Å². The second kappa shape index (κ2) is 9.18. The molecule has 1 aromatic heterocycles. The smallest absolute Gasteiger partial charge is 0.324 e. The minimum atomic E-state index is -0.577. The fourth-order valence-electron chi connectivity index (χ4n) is 4.11. The third kappa shape index (κ3) is 4.77. The number of amides is 2. The Morgan fingerprint density at radius 2 is 1.62 bits per heavy atom. The highest BCUT2D eigenvalue weighted by Gasteiger charge is 2.38. The predicted molar refractivity (Wildman–Crippen MR) is 121 cm³/mol. The zero-order valence-electron chi connectivity index (χ0n) is 17.7. The van der Waals surface area contributed by atoms with Crippen molar-refractivity contribution in [1.82, 2.24) is 4.98 Å². The lowest BCUT2D eigenvalue weighted by atomic mass is 9.90. The number of para-hydroxylation sites is 1. The number of pyridine rings is 1. The standard InChI is InChI=1S/C25H24FN3O3/c1-17(30)32-25(14-4-5-15-25)20-11-8-18(9-12-20)19-10-13-23(27-16-19)29-24(31)28-22-7-3-2-6-21(22)26/h2-3,6-13,16H,4-5,14-15H2,1H3,(H2,27,28,29,31). The van der Waals surface area contributed by atoms with E-state index in [1.54, 1.807) is 24.4 Å². The number of halogens is 1. The molecule has 2 aromatic carbocycles. The van der Waals surface area contributed by atoms with Crippen LogP contribution in [0.25, 0.3) is 11.1 Å². The van der Waals surface area contributed by atoms with Crippen molar-refractivity contribution in [2.45, 2.75) is 38.2 Å². The average molecular weight is 433 g/mol. The van der Waals surface area contributed by atoms with Crippen LogP contribution in [0.1, 0.15) is 38.2 Å². The Labute approximate surface area is 185 Å². The van der Waals surface area contributed by atoms with Gasteiger partial charge in [-0.3, -0.25) is 10.1 Å². The summed E-state index contributed by atoms with van der Waals surface area (Å²) in [5.41, 5.74) is 2.41. The molecule has 0 atom stereocenters. The fourth-order valence-corrected chi connectivity index (χ4v) is 4.11. The molecular formula is C25H24FN3O3. The summed E-state index contributed by atoms with van der Waals surface area (Å²) in [4.78, 5) is 28.0. The molecule has 1 fully saturated rings. The highest BCUT2D eigenvalue weighted by molar-refractivity contribution is 5.99. The molecule has 7 heteroatoms. The van der Waals surface area contributed by atoms with Gasteiger partial charge in [0.2, 0.25) is 0 Å². The summed E-state index contributed by atoms with van der Waals surface area (Å²) in [6.45, 7) is 1.45. The SMILES string of the molecule is CC(=O)OC1(c2ccc(-c3ccc(NC(=O)Nc4ccccc4F)nc3)cc2)CCCC1. The molecule has 2 N–H and O–H groups in total. The van der Waals surface area contributed by atoms with E-state index in [-0.39, 0.29) is 11.7 Å². The molecule has 1 aliphatic carbocycles. The van der Waals surface area contributed by atoms with E-state index in [0.717, 1.165) is 42.4 Å². The number of ether oxygens (including phenoxy) is 1. The minimum Gasteiger partial charge on any atom is -0.454 e.